The highest BCUT2D eigenvalue weighted by molar-refractivity contribution is 5.69. The third kappa shape index (κ3) is 5.54. The van der Waals surface area contributed by atoms with Gasteiger partial charge in [-0.25, -0.2) is 4.39 Å². The summed E-state index contributed by atoms with van der Waals surface area (Å²) in [6, 6.07) is 4.72. The number of halogens is 1. The first-order chi connectivity index (χ1) is 9.69. The van der Waals surface area contributed by atoms with Gasteiger partial charge in [0.15, 0.2) is 11.6 Å². The van der Waals surface area contributed by atoms with Crippen molar-refractivity contribution in [3.63, 3.8) is 0 Å². The van der Waals surface area contributed by atoms with Crippen LogP contribution in [0.25, 0.3) is 0 Å². The highest BCUT2D eigenvalue weighted by Crippen LogP contribution is 2.22. The van der Waals surface area contributed by atoms with E-state index in [4.69, 9.17) is 9.47 Å². The molecule has 0 saturated carbocycles. The van der Waals surface area contributed by atoms with Crippen LogP contribution in [0, 0.1) is 5.82 Å². The van der Waals surface area contributed by atoms with Crippen LogP contribution < -0.4 is 10.1 Å². The Labute approximate surface area is 118 Å². The molecule has 0 heterocycles. The second kappa shape index (κ2) is 9.28. The van der Waals surface area contributed by atoms with E-state index in [1.807, 2.05) is 0 Å². The Morgan fingerprint density at radius 3 is 2.80 bits per heavy atom. The molecule has 0 aliphatic rings. The van der Waals surface area contributed by atoms with E-state index in [0.29, 0.717) is 25.3 Å². The van der Waals surface area contributed by atoms with Crippen LogP contribution in [0.15, 0.2) is 18.2 Å². The summed E-state index contributed by atoms with van der Waals surface area (Å²) < 4.78 is 28.5. The van der Waals surface area contributed by atoms with Crippen LogP contribution in [-0.4, -0.2) is 39.9 Å². The number of methoxy groups -OCH3 is 2. The van der Waals surface area contributed by atoms with E-state index in [0.717, 1.165) is 0 Å². The van der Waals surface area contributed by atoms with Crippen LogP contribution in [-0.2, 0) is 20.8 Å². The lowest BCUT2D eigenvalue weighted by Crippen LogP contribution is -2.19. The highest BCUT2D eigenvalue weighted by atomic mass is 19.1. The normalized spacial score (nSPS) is 10.3. The molecular weight excluding hydrogens is 265 g/mol. The minimum absolute atomic E-state index is 0.0820. The molecule has 0 aromatic heterocycles. The predicted octanol–water partition coefficient (Wildman–Crippen LogP) is 1.50. The molecule has 0 unspecified atom stereocenters. The van der Waals surface area contributed by atoms with E-state index < -0.39 is 5.82 Å². The Hall–Kier alpha value is -1.66. The fourth-order valence-corrected chi connectivity index (χ4v) is 1.59. The number of benzene rings is 1. The third-order valence-corrected chi connectivity index (χ3v) is 2.63. The Balaban J connectivity index is 2.56. The number of hydrogen-bond donors (Lipinski definition) is 1. The Morgan fingerprint density at radius 2 is 2.10 bits per heavy atom. The Bertz CT molecular complexity index is 426. The zero-order chi connectivity index (χ0) is 14.8. The molecule has 0 amide bonds. The monoisotopic (exact) mass is 285 g/mol. The van der Waals surface area contributed by atoms with E-state index in [1.165, 1.54) is 13.2 Å². The highest BCUT2D eigenvalue weighted by Gasteiger charge is 2.10. The average molecular weight is 285 g/mol. The standard InChI is InChI=1S/C14H20FNO4/c1-18-9-7-16-10-11-4-3-5-12(15)14(11)20-8-6-13(17)19-2/h3-5,16H,6-10H2,1-2H3. The smallest absolute Gasteiger partial charge is 0.308 e. The van der Waals surface area contributed by atoms with Gasteiger partial charge in [0, 0.05) is 25.8 Å². The summed E-state index contributed by atoms with van der Waals surface area (Å²) in [6.45, 7) is 1.79. The quantitative estimate of drug-likeness (QED) is 0.550. The summed E-state index contributed by atoms with van der Waals surface area (Å²) in [4.78, 5) is 11.0. The average Bonchev–Trinajstić information content (AvgIpc) is 2.45. The van der Waals surface area contributed by atoms with Crippen molar-refractivity contribution < 1.29 is 23.4 Å². The summed E-state index contributed by atoms with van der Waals surface area (Å²) in [6.07, 6.45) is 0.0847. The van der Waals surface area contributed by atoms with Crippen molar-refractivity contribution in [3.8, 4) is 5.75 Å². The van der Waals surface area contributed by atoms with Crippen molar-refractivity contribution in [2.75, 3.05) is 34.0 Å². The third-order valence-electron chi connectivity index (χ3n) is 2.63. The molecule has 0 spiro atoms. The van der Waals surface area contributed by atoms with E-state index >= 15 is 0 Å². The zero-order valence-electron chi connectivity index (χ0n) is 11.8. The van der Waals surface area contributed by atoms with Crippen LogP contribution >= 0.6 is 0 Å². The van der Waals surface area contributed by atoms with E-state index in [-0.39, 0.29) is 24.7 Å². The second-order valence-corrected chi connectivity index (χ2v) is 4.07. The molecule has 1 aromatic rings. The van der Waals surface area contributed by atoms with Gasteiger partial charge in [-0.05, 0) is 6.07 Å². The number of hydrogen-bond acceptors (Lipinski definition) is 5. The minimum atomic E-state index is -0.444. The minimum Gasteiger partial charge on any atom is -0.490 e. The molecule has 0 bridgehead atoms. The van der Waals surface area contributed by atoms with Crippen molar-refractivity contribution in [2.24, 2.45) is 0 Å². The number of para-hydroxylation sites is 1. The molecule has 0 radical (unpaired) electrons. The molecule has 1 N–H and O–H groups in total. The second-order valence-electron chi connectivity index (χ2n) is 4.07. The van der Waals surface area contributed by atoms with Gasteiger partial charge in [0.1, 0.15) is 0 Å². The number of carbonyl (C=O) groups excluding carboxylic acids is 1. The summed E-state index contributed by atoms with van der Waals surface area (Å²) in [7, 11) is 2.92. The Kier molecular flexibility index (Phi) is 7.60. The Morgan fingerprint density at radius 1 is 1.30 bits per heavy atom. The molecular formula is C14H20FNO4. The topological polar surface area (TPSA) is 56.8 Å². The lowest BCUT2D eigenvalue weighted by atomic mass is 10.2. The number of nitrogens with one attached hydrogen (secondary N) is 1. The zero-order valence-corrected chi connectivity index (χ0v) is 11.8. The first-order valence-corrected chi connectivity index (χ1v) is 6.35. The molecule has 1 rings (SSSR count). The van der Waals surface area contributed by atoms with Crippen molar-refractivity contribution in [3.05, 3.63) is 29.6 Å². The fraction of sp³-hybridized carbons (Fsp3) is 0.500. The van der Waals surface area contributed by atoms with Crippen molar-refractivity contribution in [2.45, 2.75) is 13.0 Å². The maximum Gasteiger partial charge on any atom is 0.308 e. The number of carbonyl (C=O) groups is 1. The van der Waals surface area contributed by atoms with Crippen molar-refractivity contribution >= 4 is 5.97 Å². The lowest BCUT2D eigenvalue weighted by molar-refractivity contribution is -0.141. The summed E-state index contributed by atoms with van der Waals surface area (Å²) in [5, 5.41) is 3.12. The van der Waals surface area contributed by atoms with Crippen molar-refractivity contribution in [1.29, 1.82) is 0 Å². The number of esters is 1. The maximum atomic E-state index is 13.7. The molecule has 0 saturated heterocycles. The van der Waals surface area contributed by atoms with Gasteiger partial charge in [-0.15, -0.1) is 0 Å². The SMILES string of the molecule is COCCNCc1cccc(F)c1OCCC(=O)OC. The van der Waals surface area contributed by atoms with E-state index in [9.17, 15) is 9.18 Å². The molecule has 20 heavy (non-hydrogen) atoms. The van der Waals surface area contributed by atoms with Gasteiger partial charge >= 0.3 is 5.97 Å². The van der Waals surface area contributed by atoms with Gasteiger partial charge in [-0.1, -0.05) is 12.1 Å². The largest absolute Gasteiger partial charge is 0.490 e. The molecule has 0 fully saturated rings. The van der Waals surface area contributed by atoms with Crippen LogP contribution in [0.4, 0.5) is 4.39 Å². The molecule has 0 aliphatic heterocycles. The van der Waals surface area contributed by atoms with Crippen LogP contribution in [0.1, 0.15) is 12.0 Å². The lowest BCUT2D eigenvalue weighted by Gasteiger charge is -2.12. The van der Waals surface area contributed by atoms with Gasteiger partial charge in [0.05, 0.1) is 26.7 Å². The van der Waals surface area contributed by atoms with Gasteiger partial charge in [0.2, 0.25) is 0 Å². The molecule has 0 atom stereocenters. The summed E-state index contributed by atoms with van der Waals surface area (Å²) in [5.41, 5.74) is 0.700. The van der Waals surface area contributed by atoms with Crippen LogP contribution in [0.5, 0.6) is 5.75 Å². The van der Waals surface area contributed by atoms with Gasteiger partial charge in [0.25, 0.3) is 0 Å². The van der Waals surface area contributed by atoms with Gasteiger partial charge < -0.3 is 19.5 Å². The first kappa shape index (κ1) is 16.4. The van der Waals surface area contributed by atoms with Crippen LogP contribution in [0.2, 0.25) is 0 Å². The van der Waals surface area contributed by atoms with Gasteiger partial charge in [-0.2, -0.15) is 0 Å². The molecule has 112 valence electrons. The first-order valence-electron chi connectivity index (χ1n) is 6.35. The molecule has 0 aliphatic carbocycles. The van der Waals surface area contributed by atoms with Crippen molar-refractivity contribution in [1.82, 2.24) is 5.32 Å². The molecule has 5 nitrogen and oxygen atoms in total. The predicted molar refractivity (Wildman–Crippen MR) is 72.1 cm³/mol. The van der Waals surface area contributed by atoms with E-state index in [2.05, 4.69) is 10.1 Å². The molecule has 6 heteroatoms. The molecule has 1 aromatic carbocycles. The number of ether oxygens (including phenoxy) is 3. The summed E-state index contributed by atoms with van der Waals surface area (Å²) >= 11 is 0. The summed E-state index contributed by atoms with van der Waals surface area (Å²) in [5.74, 6) is -0.664. The van der Waals surface area contributed by atoms with Gasteiger partial charge in [-0.3, -0.25) is 4.79 Å². The number of rotatable bonds is 9. The fourth-order valence-electron chi connectivity index (χ4n) is 1.59. The van der Waals surface area contributed by atoms with Crippen LogP contribution in [0.3, 0.4) is 0 Å². The van der Waals surface area contributed by atoms with E-state index in [1.54, 1.807) is 19.2 Å². The maximum absolute atomic E-state index is 13.7.